The molecule has 1 fully saturated rings. The first-order valence-corrected chi connectivity index (χ1v) is 10.2. The molecule has 3 rings (SSSR count). The number of allylic oxidation sites excluding steroid dienone is 1. The first kappa shape index (κ1) is 21.6. The van der Waals surface area contributed by atoms with Gasteiger partial charge in [-0.05, 0) is 80.5 Å². The number of aliphatic imine (C=N–C) groups is 1. The van der Waals surface area contributed by atoms with Gasteiger partial charge in [0.1, 0.15) is 5.82 Å². The number of aliphatic carboxylic acids is 1. The van der Waals surface area contributed by atoms with Crippen molar-refractivity contribution in [1.82, 2.24) is 0 Å². The van der Waals surface area contributed by atoms with E-state index in [0.29, 0.717) is 41.8 Å². The summed E-state index contributed by atoms with van der Waals surface area (Å²) in [5, 5.41) is 8.81. The SMILES string of the molecule is C=C(CCCCC(=O)O)C(=Nc1ccc(C(=O)C2CC2)cc1C)c1cccc(F)c1. The molecule has 1 aliphatic carbocycles. The van der Waals surface area contributed by atoms with Gasteiger partial charge < -0.3 is 5.11 Å². The first-order valence-electron chi connectivity index (χ1n) is 10.2. The van der Waals surface area contributed by atoms with Crippen LogP contribution in [0.25, 0.3) is 0 Å². The largest absolute Gasteiger partial charge is 0.481 e. The van der Waals surface area contributed by atoms with Crippen molar-refractivity contribution in [2.45, 2.75) is 45.4 Å². The van der Waals surface area contributed by atoms with E-state index < -0.39 is 5.97 Å². The maximum Gasteiger partial charge on any atom is 0.303 e. The zero-order valence-electron chi connectivity index (χ0n) is 17.2. The highest BCUT2D eigenvalue weighted by atomic mass is 19.1. The predicted molar refractivity (Wildman–Crippen MR) is 116 cm³/mol. The van der Waals surface area contributed by atoms with Crippen LogP contribution in [0, 0.1) is 18.7 Å². The lowest BCUT2D eigenvalue weighted by atomic mass is 9.98. The Labute approximate surface area is 176 Å². The van der Waals surface area contributed by atoms with Gasteiger partial charge in [-0.15, -0.1) is 0 Å². The molecule has 156 valence electrons. The number of hydrogen-bond acceptors (Lipinski definition) is 3. The number of benzene rings is 2. The number of carboxylic acid groups (broad SMARTS) is 1. The van der Waals surface area contributed by atoms with Crippen LogP contribution in [0.5, 0.6) is 0 Å². The molecule has 0 spiro atoms. The van der Waals surface area contributed by atoms with Crippen LogP contribution in [0.3, 0.4) is 0 Å². The van der Waals surface area contributed by atoms with Crippen LogP contribution in [0.4, 0.5) is 10.1 Å². The molecule has 0 heterocycles. The highest BCUT2D eigenvalue weighted by molar-refractivity contribution is 6.13. The first-order chi connectivity index (χ1) is 14.3. The highest BCUT2D eigenvalue weighted by Crippen LogP contribution is 2.34. The molecule has 0 aromatic heterocycles. The maximum absolute atomic E-state index is 13.8. The van der Waals surface area contributed by atoms with Gasteiger partial charge in [-0.3, -0.25) is 9.59 Å². The minimum atomic E-state index is -0.823. The van der Waals surface area contributed by atoms with Gasteiger partial charge in [0.05, 0.1) is 11.4 Å². The minimum absolute atomic E-state index is 0.106. The number of aryl methyl sites for hydroxylation is 1. The van der Waals surface area contributed by atoms with E-state index in [-0.39, 0.29) is 23.9 Å². The molecule has 0 unspecified atom stereocenters. The molecule has 0 atom stereocenters. The van der Waals surface area contributed by atoms with Gasteiger partial charge in [-0.1, -0.05) is 18.7 Å². The van der Waals surface area contributed by atoms with Crippen LogP contribution in [0.15, 0.2) is 59.6 Å². The monoisotopic (exact) mass is 407 g/mol. The third kappa shape index (κ3) is 5.72. The topological polar surface area (TPSA) is 66.7 Å². The summed E-state index contributed by atoms with van der Waals surface area (Å²) in [5.74, 6) is -0.842. The van der Waals surface area contributed by atoms with Gasteiger partial charge >= 0.3 is 5.97 Å². The summed E-state index contributed by atoms with van der Waals surface area (Å²) < 4.78 is 13.8. The molecule has 0 bridgehead atoms. The lowest BCUT2D eigenvalue weighted by molar-refractivity contribution is -0.137. The molecule has 4 nitrogen and oxygen atoms in total. The number of Topliss-reactive ketones (excluding diaryl/α,β-unsaturated/α-hetero) is 1. The molecule has 1 aliphatic rings. The molecule has 0 radical (unpaired) electrons. The van der Waals surface area contributed by atoms with E-state index in [0.717, 1.165) is 24.0 Å². The van der Waals surface area contributed by atoms with Crippen molar-refractivity contribution >= 4 is 23.2 Å². The number of nitrogens with zero attached hydrogens (tertiary/aromatic N) is 1. The molecular weight excluding hydrogens is 381 g/mol. The normalized spacial score (nSPS) is 13.9. The van der Waals surface area contributed by atoms with Crippen molar-refractivity contribution in [3.05, 3.63) is 77.1 Å². The summed E-state index contributed by atoms with van der Waals surface area (Å²) in [5.41, 5.74) is 4.20. The highest BCUT2D eigenvalue weighted by Gasteiger charge is 2.30. The Morgan fingerprint density at radius 2 is 1.83 bits per heavy atom. The summed E-state index contributed by atoms with van der Waals surface area (Å²) in [4.78, 5) is 27.8. The lowest BCUT2D eigenvalue weighted by Crippen LogP contribution is -2.06. The van der Waals surface area contributed by atoms with E-state index in [2.05, 4.69) is 6.58 Å². The van der Waals surface area contributed by atoms with Gasteiger partial charge in [0, 0.05) is 23.5 Å². The van der Waals surface area contributed by atoms with Gasteiger partial charge in [0.2, 0.25) is 0 Å². The Bertz CT molecular complexity index is 1010. The Kier molecular flexibility index (Phi) is 6.93. The number of carbonyl (C=O) groups excluding carboxylic acids is 1. The van der Waals surface area contributed by atoms with E-state index >= 15 is 0 Å². The van der Waals surface area contributed by atoms with Crippen LogP contribution in [0.2, 0.25) is 0 Å². The molecule has 0 saturated heterocycles. The minimum Gasteiger partial charge on any atom is -0.481 e. The quantitative estimate of drug-likeness (QED) is 0.296. The smallest absolute Gasteiger partial charge is 0.303 e. The van der Waals surface area contributed by atoms with Crippen LogP contribution in [-0.2, 0) is 4.79 Å². The number of hydrogen-bond donors (Lipinski definition) is 1. The lowest BCUT2D eigenvalue weighted by Gasteiger charge is -2.12. The van der Waals surface area contributed by atoms with E-state index in [9.17, 15) is 14.0 Å². The Morgan fingerprint density at radius 1 is 1.10 bits per heavy atom. The van der Waals surface area contributed by atoms with Crippen LogP contribution in [0.1, 0.15) is 60.0 Å². The third-order valence-electron chi connectivity index (χ3n) is 5.21. The molecule has 0 amide bonds. The average molecular weight is 407 g/mol. The van der Waals surface area contributed by atoms with E-state index in [1.807, 2.05) is 19.1 Å². The summed E-state index contributed by atoms with van der Waals surface area (Å²) in [6, 6.07) is 11.7. The molecule has 30 heavy (non-hydrogen) atoms. The van der Waals surface area contributed by atoms with Crippen molar-refractivity contribution in [1.29, 1.82) is 0 Å². The van der Waals surface area contributed by atoms with Crippen molar-refractivity contribution in [2.24, 2.45) is 10.9 Å². The predicted octanol–water partition coefficient (Wildman–Crippen LogP) is 6.05. The summed E-state index contributed by atoms with van der Waals surface area (Å²) >= 11 is 0. The van der Waals surface area contributed by atoms with Gasteiger partial charge in [-0.2, -0.15) is 0 Å². The molecule has 0 aliphatic heterocycles. The summed E-state index contributed by atoms with van der Waals surface area (Å²) in [7, 11) is 0. The molecule has 2 aromatic rings. The fraction of sp³-hybridized carbons (Fsp3) is 0.320. The third-order valence-corrected chi connectivity index (χ3v) is 5.21. The van der Waals surface area contributed by atoms with Gasteiger partial charge in [0.15, 0.2) is 5.78 Å². The zero-order chi connectivity index (χ0) is 21.7. The van der Waals surface area contributed by atoms with Crippen molar-refractivity contribution in [3.63, 3.8) is 0 Å². The van der Waals surface area contributed by atoms with Crippen LogP contribution in [-0.4, -0.2) is 22.6 Å². The van der Waals surface area contributed by atoms with Crippen molar-refractivity contribution in [3.8, 4) is 0 Å². The number of halogens is 1. The number of carboxylic acids is 1. The molecule has 1 saturated carbocycles. The standard InChI is InChI=1S/C25H26FNO3/c1-16(6-3-4-9-23(28)29)24(19-7-5-8-21(26)15-19)27-22-13-12-20(14-17(22)2)25(30)18-10-11-18/h5,7-8,12-15,18H,1,3-4,6,9-11H2,2H3,(H,28,29). The molecule has 5 heteroatoms. The summed E-state index contributed by atoms with van der Waals surface area (Å²) in [6.45, 7) is 6.03. The average Bonchev–Trinajstić information content (AvgIpc) is 3.54. The zero-order valence-corrected chi connectivity index (χ0v) is 17.2. The molecular formula is C25H26FNO3. The van der Waals surface area contributed by atoms with E-state index in [1.165, 1.54) is 12.1 Å². The second-order valence-corrected chi connectivity index (χ2v) is 7.81. The van der Waals surface area contributed by atoms with Gasteiger partial charge in [-0.25, -0.2) is 9.38 Å². The molecule has 1 N–H and O–H groups in total. The fourth-order valence-electron chi connectivity index (χ4n) is 3.35. The maximum atomic E-state index is 13.8. The van der Waals surface area contributed by atoms with Crippen molar-refractivity contribution < 1.29 is 19.1 Å². The Balaban J connectivity index is 1.87. The Hall–Kier alpha value is -3.08. The number of rotatable bonds is 10. The second-order valence-electron chi connectivity index (χ2n) is 7.81. The van der Waals surface area contributed by atoms with Crippen molar-refractivity contribution in [2.75, 3.05) is 0 Å². The van der Waals surface area contributed by atoms with E-state index in [1.54, 1.807) is 18.2 Å². The fourth-order valence-corrected chi connectivity index (χ4v) is 3.35. The van der Waals surface area contributed by atoms with Crippen LogP contribution < -0.4 is 0 Å². The van der Waals surface area contributed by atoms with E-state index in [4.69, 9.17) is 10.1 Å². The van der Waals surface area contributed by atoms with Crippen LogP contribution >= 0.6 is 0 Å². The Morgan fingerprint density at radius 3 is 2.47 bits per heavy atom. The number of carbonyl (C=O) groups is 2. The number of unbranched alkanes of at least 4 members (excludes halogenated alkanes) is 1. The van der Waals surface area contributed by atoms with Gasteiger partial charge in [0.25, 0.3) is 0 Å². The molecule has 2 aromatic carbocycles. The second kappa shape index (κ2) is 9.61. The number of ketones is 1. The summed E-state index contributed by atoms with van der Waals surface area (Å²) in [6.07, 6.45) is 3.80.